The predicted molar refractivity (Wildman–Crippen MR) is 103 cm³/mol. The molecule has 1 aliphatic carbocycles. The average Bonchev–Trinajstić information content (AvgIpc) is 3.05. The molecule has 0 unspecified atom stereocenters. The highest BCUT2D eigenvalue weighted by Crippen LogP contribution is 2.31. The lowest BCUT2D eigenvalue weighted by Gasteiger charge is -2.32. The number of carbonyl (C=O) groups excluding carboxylic acids is 2. The summed E-state index contributed by atoms with van der Waals surface area (Å²) in [4.78, 5) is 26.3. The summed E-state index contributed by atoms with van der Waals surface area (Å²) in [6.45, 7) is 6.25. The zero-order valence-electron chi connectivity index (χ0n) is 15.9. The molecule has 26 heavy (non-hydrogen) atoms. The van der Waals surface area contributed by atoms with E-state index in [4.69, 9.17) is 4.74 Å². The van der Waals surface area contributed by atoms with Gasteiger partial charge in [-0.25, -0.2) is 9.59 Å². The van der Waals surface area contributed by atoms with Gasteiger partial charge in [0.15, 0.2) is 0 Å². The fourth-order valence-corrected chi connectivity index (χ4v) is 3.60. The van der Waals surface area contributed by atoms with Crippen molar-refractivity contribution >= 4 is 23.5 Å². The molecule has 0 bridgehead atoms. The highest BCUT2D eigenvalue weighted by Gasteiger charge is 2.27. The van der Waals surface area contributed by atoms with Gasteiger partial charge in [-0.05, 0) is 70.2 Å². The summed E-state index contributed by atoms with van der Waals surface area (Å²) in [5, 5.41) is 5.94. The second kappa shape index (κ2) is 7.56. The van der Waals surface area contributed by atoms with E-state index in [2.05, 4.69) is 10.6 Å². The Labute approximate surface area is 155 Å². The van der Waals surface area contributed by atoms with Crippen molar-refractivity contribution < 1.29 is 14.3 Å². The van der Waals surface area contributed by atoms with Crippen LogP contribution in [0.1, 0.15) is 58.4 Å². The number of ether oxygens (including phenoxy) is 1. The first-order valence-electron chi connectivity index (χ1n) is 9.53. The van der Waals surface area contributed by atoms with Crippen LogP contribution < -0.4 is 15.5 Å². The molecule has 0 atom stereocenters. The molecule has 0 spiro atoms. The molecule has 1 heterocycles. The van der Waals surface area contributed by atoms with E-state index in [1.165, 1.54) is 12.8 Å². The van der Waals surface area contributed by atoms with Gasteiger partial charge in [0.05, 0.1) is 5.69 Å². The van der Waals surface area contributed by atoms with Gasteiger partial charge < -0.3 is 15.4 Å². The van der Waals surface area contributed by atoms with Gasteiger partial charge in [0.1, 0.15) is 5.60 Å². The number of anilines is 2. The Morgan fingerprint density at radius 3 is 2.58 bits per heavy atom. The summed E-state index contributed by atoms with van der Waals surface area (Å²) in [6.07, 6.45) is 5.93. The molecular formula is C20H29N3O3. The number of urea groups is 1. The molecule has 3 rings (SSSR count). The molecule has 0 aromatic heterocycles. The molecule has 142 valence electrons. The highest BCUT2D eigenvalue weighted by molar-refractivity contribution is 5.92. The number of hydrogen-bond acceptors (Lipinski definition) is 3. The zero-order chi connectivity index (χ0) is 18.7. The summed E-state index contributed by atoms with van der Waals surface area (Å²) in [7, 11) is 0. The SMILES string of the molecule is CC(C)(C)OC(=O)N1CCCc2cc(NC(=O)NC3CCCC3)ccc21. The smallest absolute Gasteiger partial charge is 0.414 e. The van der Waals surface area contributed by atoms with Crippen LogP contribution in [-0.4, -0.2) is 30.3 Å². The molecule has 0 radical (unpaired) electrons. The van der Waals surface area contributed by atoms with E-state index in [0.717, 1.165) is 42.6 Å². The number of amides is 3. The van der Waals surface area contributed by atoms with E-state index in [1.807, 2.05) is 39.0 Å². The fraction of sp³-hybridized carbons (Fsp3) is 0.600. The van der Waals surface area contributed by atoms with Crippen LogP contribution in [0.2, 0.25) is 0 Å². The zero-order valence-corrected chi connectivity index (χ0v) is 15.9. The van der Waals surface area contributed by atoms with Crippen molar-refractivity contribution in [1.29, 1.82) is 0 Å². The monoisotopic (exact) mass is 359 g/mol. The lowest BCUT2D eigenvalue weighted by molar-refractivity contribution is 0.0578. The third-order valence-corrected chi connectivity index (χ3v) is 4.76. The second-order valence-electron chi connectivity index (χ2n) is 8.16. The van der Waals surface area contributed by atoms with Crippen LogP contribution in [0.5, 0.6) is 0 Å². The number of nitrogens with one attached hydrogen (secondary N) is 2. The topological polar surface area (TPSA) is 70.7 Å². The molecule has 2 aliphatic rings. The third-order valence-electron chi connectivity index (χ3n) is 4.76. The minimum atomic E-state index is -0.519. The molecule has 6 heteroatoms. The van der Waals surface area contributed by atoms with E-state index in [1.54, 1.807) is 4.90 Å². The van der Waals surface area contributed by atoms with Gasteiger partial charge in [0.25, 0.3) is 0 Å². The first kappa shape index (κ1) is 18.5. The molecule has 0 saturated heterocycles. The van der Waals surface area contributed by atoms with Gasteiger partial charge in [0, 0.05) is 18.3 Å². The normalized spacial score (nSPS) is 17.6. The van der Waals surface area contributed by atoms with E-state index < -0.39 is 5.60 Å². The molecule has 1 fully saturated rings. The van der Waals surface area contributed by atoms with E-state index in [-0.39, 0.29) is 18.2 Å². The van der Waals surface area contributed by atoms with Gasteiger partial charge in [0.2, 0.25) is 0 Å². The average molecular weight is 359 g/mol. The van der Waals surface area contributed by atoms with E-state index >= 15 is 0 Å². The summed E-state index contributed by atoms with van der Waals surface area (Å²) >= 11 is 0. The number of benzene rings is 1. The largest absolute Gasteiger partial charge is 0.443 e. The molecule has 1 aromatic carbocycles. The van der Waals surface area contributed by atoms with Gasteiger partial charge in [-0.15, -0.1) is 0 Å². The first-order valence-corrected chi connectivity index (χ1v) is 9.53. The maximum absolute atomic E-state index is 12.5. The van der Waals surface area contributed by atoms with Crippen molar-refractivity contribution in [2.24, 2.45) is 0 Å². The number of nitrogens with zero attached hydrogens (tertiary/aromatic N) is 1. The predicted octanol–water partition coefficient (Wildman–Crippen LogP) is 4.44. The standard InChI is InChI=1S/C20H29N3O3/c1-20(2,3)26-19(25)23-12-6-7-14-13-16(10-11-17(14)23)22-18(24)21-15-8-4-5-9-15/h10-11,13,15H,4-9,12H2,1-3H3,(H2,21,22,24). The second-order valence-corrected chi connectivity index (χ2v) is 8.16. The maximum Gasteiger partial charge on any atom is 0.414 e. The maximum atomic E-state index is 12.5. The molecule has 6 nitrogen and oxygen atoms in total. The highest BCUT2D eigenvalue weighted by atomic mass is 16.6. The Morgan fingerprint density at radius 1 is 1.15 bits per heavy atom. The number of rotatable bonds is 2. The number of carbonyl (C=O) groups is 2. The van der Waals surface area contributed by atoms with Crippen molar-refractivity contribution in [1.82, 2.24) is 5.32 Å². The molecule has 3 amide bonds. The van der Waals surface area contributed by atoms with Crippen molar-refractivity contribution in [2.45, 2.75) is 70.9 Å². The van der Waals surface area contributed by atoms with Gasteiger partial charge in [-0.3, -0.25) is 4.90 Å². The lowest BCUT2D eigenvalue weighted by atomic mass is 10.0. The number of hydrogen-bond donors (Lipinski definition) is 2. The lowest BCUT2D eigenvalue weighted by Crippen LogP contribution is -2.40. The number of fused-ring (bicyclic) bond motifs is 1. The summed E-state index contributed by atoms with van der Waals surface area (Å²) in [6, 6.07) is 5.83. The van der Waals surface area contributed by atoms with Crippen LogP contribution in [0, 0.1) is 0 Å². The van der Waals surface area contributed by atoms with Crippen LogP contribution in [-0.2, 0) is 11.2 Å². The van der Waals surface area contributed by atoms with Crippen LogP contribution in [0.4, 0.5) is 21.0 Å². The van der Waals surface area contributed by atoms with Crippen LogP contribution in [0.15, 0.2) is 18.2 Å². The first-order chi connectivity index (χ1) is 12.3. The van der Waals surface area contributed by atoms with Gasteiger partial charge in [-0.1, -0.05) is 12.8 Å². The van der Waals surface area contributed by atoms with Crippen LogP contribution >= 0.6 is 0 Å². The Kier molecular flexibility index (Phi) is 5.39. The minimum Gasteiger partial charge on any atom is -0.443 e. The van der Waals surface area contributed by atoms with Crippen molar-refractivity contribution in [3.63, 3.8) is 0 Å². The van der Waals surface area contributed by atoms with E-state index in [0.29, 0.717) is 6.54 Å². The van der Waals surface area contributed by atoms with Gasteiger partial charge in [-0.2, -0.15) is 0 Å². The molecule has 1 aliphatic heterocycles. The van der Waals surface area contributed by atoms with Crippen LogP contribution in [0.3, 0.4) is 0 Å². The Balaban J connectivity index is 1.67. The summed E-state index contributed by atoms with van der Waals surface area (Å²) < 4.78 is 5.51. The van der Waals surface area contributed by atoms with Gasteiger partial charge >= 0.3 is 12.1 Å². The molecular weight excluding hydrogens is 330 g/mol. The fourth-order valence-electron chi connectivity index (χ4n) is 3.60. The minimum absolute atomic E-state index is 0.156. The Morgan fingerprint density at radius 2 is 1.88 bits per heavy atom. The number of aryl methyl sites for hydroxylation is 1. The molecule has 1 saturated carbocycles. The third kappa shape index (κ3) is 4.68. The van der Waals surface area contributed by atoms with Crippen molar-refractivity contribution in [3.05, 3.63) is 23.8 Å². The van der Waals surface area contributed by atoms with Crippen molar-refractivity contribution in [3.8, 4) is 0 Å². The molecule has 1 aromatic rings. The van der Waals surface area contributed by atoms with Crippen LogP contribution in [0.25, 0.3) is 0 Å². The van der Waals surface area contributed by atoms with E-state index in [9.17, 15) is 9.59 Å². The van der Waals surface area contributed by atoms with Crippen molar-refractivity contribution in [2.75, 3.05) is 16.8 Å². The Bertz CT molecular complexity index is 675. The quantitative estimate of drug-likeness (QED) is 0.820. The Hall–Kier alpha value is -2.24. The summed E-state index contributed by atoms with van der Waals surface area (Å²) in [5.41, 5.74) is 2.16. The summed E-state index contributed by atoms with van der Waals surface area (Å²) in [5.74, 6) is 0. The molecule has 2 N–H and O–H groups in total.